The predicted octanol–water partition coefficient (Wildman–Crippen LogP) is 3.30. The summed E-state index contributed by atoms with van der Waals surface area (Å²) in [4.78, 5) is 0. The molecular weight excluding hydrogens is 369 g/mol. The molecule has 9 heteroatoms. The molecule has 0 radical (unpaired) electrons. The fourth-order valence-electron chi connectivity index (χ4n) is 3.13. The summed E-state index contributed by atoms with van der Waals surface area (Å²) in [7, 11) is -7.47. The van der Waals surface area contributed by atoms with E-state index in [1.54, 1.807) is 0 Å². The molecule has 0 rings (SSSR count). The molecule has 0 fully saturated rings. The molecule has 0 bridgehead atoms. The number of hydrogen-bond acceptors (Lipinski definition) is 5. The summed E-state index contributed by atoms with van der Waals surface area (Å²) in [5.41, 5.74) is 6.32. The van der Waals surface area contributed by atoms with Crippen molar-refractivity contribution in [1.82, 2.24) is 5.32 Å². The van der Waals surface area contributed by atoms with Crippen LogP contribution in [0.25, 0.3) is 0 Å². The third-order valence-corrected chi connectivity index (χ3v) is 18.9. The lowest BCUT2D eigenvalue weighted by Crippen LogP contribution is -2.55. The Bertz CT molecular complexity index is 391. The van der Waals surface area contributed by atoms with Crippen molar-refractivity contribution in [2.45, 2.75) is 70.9 Å². The van der Waals surface area contributed by atoms with Gasteiger partial charge in [0, 0.05) is 18.8 Å². The van der Waals surface area contributed by atoms with E-state index in [9.17, 15) is 4.46 Å². The quantitative estimate of drug-likeness (QED) is 0.361. The highest BCUT2D eigenvalue weighted by molar-refractivity contribution is 6.90. The number of nitrogens with two attached hydrogens (primary N) is 1. The van der Waals surface area contributed by atoms with Crippen LogP contribution in [0.5, 0.6) is 0 Å². The molecule has 0 aromatic heterocycles. The Morgan fingerprint density at radius 1 is 1.12 bits per heavy atom. The van der Waals surface area contributed by atoms with Crippen molar-refractivity contribution in [2.24, 2.45) is 11.7 Å². The Morgan fingerprint density at radius 2 is 1.71 bits per heavy atom. The molecule has 0 aromatic carbocycles. The number of hydrogen-bond donors (Lipinski definition) is 2. The summed E-state index contributed by atoms with van der Waals surface area (Å²) in [6.45, 7) is 20.0. The van der Waals surface area contributed by atoms with Gasteiger partial charge in [-0.3, -0.25) is 0 Å². The highest BCUT2D eigenvalue weighted by Crippen LogP contribution is 2.29. The number of nitrogens with one attached hydrogen (secondary N) is 1. The summed E-state index contributed by atoms with van der Waals surface area (Å²) in [5, 5.41) is 3.39. The van der Waals surface area contributed by atoms with Gasteiger partial charge in [0.15, 0.2) is 16.6 Å². The molecule has 0 heterocycles. The van der Waals surface area contributed by atoms with E-state index >= 15 is 0 Å². The standard InChI is InChI=1S/C15H40N2O3Si4/c1-9-21(18)14-23(6,7)20-24(8,19-22(3,4)5)13-15(2)12-17-11-10-16/h15,17H,9-14,16H2,1-8H3. The van der Waals surface area contributed by atoms with Gasteiger partial charge in [0.2, 0.25) is 0 Å². The molecule has 144 valence electrons. The van der Waals surface area contributed by atoms with Crippen molar-refractivity contribution >= 4 is 33.9 Å². The van der Waals surface area contributed by atoms with Crippen LogP contribution in [-0.4, -0.2) is 53.5 Å². The van der Waals surface area contributed by atoms with E-state index in [1.165, 1.54) is 0 Å². The third kappa shape index (κ3) is 12.0. The highest BCUT2D eigenvalue weighted by Gasteiger charge is 2.43. The van der Waals surface area contributed by atoms with Gasteiger partial charge in [-0.1, -0.05) is 13.8 Å². The molecule has 5 nitrogen and oxygen atoms in total. The molecule has 2 atom stereocenters. The van der Waals surface area contributed by atoms with Crippen LogP contribution < -0.4 is 11.1 Å². The fraction of sp³-hybridized carbons (Fsp3) is 1.00. The first-order valence-corrected chi connectivity index (χ1v) is 20.0. The Balaban J connectivity index is 5.02. The average Bonchev–Trinajstić information content (AvgIpc) is 2.34. The highest BCUT2D eigenvalue weighted by atomic mass is 28.5. The minimum Gasteiger partial charge on any atom is -0.437 e. The molecule has 0 saturated heterocycles. The topological polar surface area (TPSA) is 73.6 Å². The monoisotopic (exact) mass is 408 g/mol. The van der Waals surface area contributed by atoms with E-state index in [2.05, 4.69) is 51.5 Å². The summed E-state index contributed by atoms with van der Waals surface area (Å²) >= 11 is 0. The lowest BCUT2D eigenvalue weighted by Gasteiger charge is -2.40. The van der Waals surface area contributed by atoms with Crippen molar-refractivity contribution in [3.8, 4) is 0 Å². The Labute approximate surface area is 154 Å². The van der Waals surface area contributed by atoms with E-state index in [0.717, 1.165) is 30.8 Å². The minimum absolute atomic E-state index is 0.484. The maximum Gasteiger partial charge on any atom is 0.314 e. The molecule has 0 aliphatic rings. The first-order chi connectivity index (χ1) is 10.8. The predicted molar refractivity (Wildman–Crippen MR) is 112 cm³/mol. The largest absolute Gasteiger partial charge is 0.437 e. The summed E-state index contributed by atoms with van der Waals surface area (Å²) in [5.74, 6) is 0.484. The van der Waals surface area contributed by atoms with Crippen LogP contribution in [-0.2, 0) is 12.7 Å². The summed E-state index contributed by atoms with van der Waals surface area (Å²) < 4.78 is 25.4. The van der Waals surface area contributed by atoms with Crippen LogP contribution in [0.4, 0.5) is 0 Å². The molecule has 24 heavy (non-hydrogen) atoms. The van der Waals surface area contributed by atoms with Crippen LogP contribution >= 0.6 is 0 Å². The van der Waals surface area contributed by atoms with Gasteiger partial charge in [0.1, 0.15) is 0 Å². The molecule has 2 unspecified atom stereocenters. The number of rotatable bonds is 13. The molecule has 0 amide bonds. The van der Waals surface area contributed by atoms with E-state index in [-0.39, 0.29) is 0 Å². The first-order valence-electron chi connectivity index (χ1n) is 9.15. The second kappa shape index (κ2) is 10.6. The third-order valence-electron chi connectivity index (χ3n) is 3.56. The molecular formula is C15H40N2O3Si4. The maximum atomic E-state index is 12.1. The molecule has 0 spiro atoms. The van der Waals surface area contributed by atoms with Crippen molar-refractivity contribution < 1.29 is 12.7 Å². The van der Waals surface area contributed by atoms with Crippen LogP contribution in [0.3, 0.4) is 0 Å². The van der Waals surface area contributed by atoms with Gasteiger partial charge in [-0.15, -0.1) is 0 Å². The van der Waals surface area contributed by atoms with Gasteiger partial charge >= 0.3 is 8.56 Å². The zero-order valence-electron chi connectivity index (χ0n) is 17.1. The second-order valence-corrected chi connectivity index (χ2v) is 23.8. The van der Waals surface area contributed by atoms with Gasteiger partial charge in [-0.2, -0.15) is 0 Å². The van der Waals surface area contributed by atoms with E-state index in [4.69, 9.17) is 14.0 Å². The van der Waals surface area contributed by atoms with E-state index in [0.29, 0.717) is 12.5 Å². The lowest BCUT2D eigenvalue weighted by molar-refractivity contribution is 0.365. The first kappa shape index (κ1) is 24.5. The average molecular weight is 409 g/mol. The molecule has 0 aliphatic heterocycles. The minimum atomic E-state index is -2.29. The van der Waals surface area contributed by atoms with Gasteiger partial charge in [0.25, 0.3) is 8.68 Å². The van der Waals surface area contributed by atoms with Gasteiger partial charge in [-0.25, -0.2) is 0 Å². The fourth-order valence-corrected chi connectivity index (χ4v) is 21.3. The Hall–Kier alpha value is 0.508. The Kier molecular flexibility index (Phi) is 10.8. The maximum absolute atomic E-state index is 12.1. The van der Waals surface area contributed by atoms with Gasteiger partial charge in [0.05, 0.1) is 0 Å². The van der Waals surface area contributed by atoms with Crippen molar-refractivity contribution in [2.75, 3.05) is 19.6 Å². The Morgan fingerprint density at radius 3 is 2.17 bits per heavy atom. The summed E-state index contributed by atoms with van der Waals surface area (Å²) in [6, 6.07) is 1.75. The van der Waals surface area contributed by atoms with E-state index in [1.807, 2.05) is 6.92 Å². The van der Waals surface area contributed by atoms with Gasteiger partial charge < -0.3 is 23.7 Å². The normalized spacial score (nSPS) is 16.7. The van der Waals surface area contributed by atoms with Crippen molar-refractivity contribution in [3.63, 3.8) is 0 Å². The van der Waals surface area contributed by atoms with E-state index < -0.39 is 33.9 Å². The molecule has 0 saturated carbocycles. The molecule has 3 N–H and O–H groups in total. The smallest absolute Gasteiger partial charge is 0.314 e. The zero-order chi connectivity index (χ0) is 19.0. The molecule has 0 aromatic rings. The zero-order valence-corrected chi connectivity index (χ0v) is 21.1. The second-order valence-electron chi connectivity index (χ2n) is 8.58. The van der Waals surface area contributed by atoms with Crippen LogP contribution in [0.1, 0.15) is 13.8 Å². The van der Waals surface area contributed by atoms with Gasteiger partial charge in [-0.05, 0) is 63.8 Å². The molecule has 0 aliphatic carbocycles. The van der Waals surface area contributed by atoms with Crippen molar-refractivity contribution in [1.29, 1.82) is 0 Å². The SMILES string of the molecule is CC[Si](=O)C[Si](C)(C)O[Si](C)(CC(C)CNCCN)O[Si](C)(C)C. The van der Waals surface area contributed by atoms with Crippen molar-refractivity contribution in [3.05, 3.63) is 0 Å². The van der Waals surface area contributed by atoms with Crippen LogP contribution in [0, 0.1) is 5.92 Å². The van der Waals surface area contributed by atoms with Crippen LogP contribution in [0.15, 0.2) is 0 Å². The lowest BCUT2D eigenvalue weighted by atomic mass is 10.2. The summed E-state index contributed by atoms with van der Waals surface area (Å²) in [6.07, 6.45) is 0. The van der Waals surface area contributed by atoms with Crippen LogP contribution in [0.2, 0.25) is 57.0 Å².